The number of nitrogens with zero attached hydrogens (tertiary/aromatic N) is 3. The van der Waals surface area contributed by atoms with E-state index >= 15 is 0 Å². The molecule has 154 valence electrons. The number of guanidine groups is 1. The summed E-state index contributed by atoms with van der Waals surface area (Å²) in [6.45, 7) is 7.62. The normalized spacial score (nSPS) is 15.2. The summed E-state index contributed by atoms with van der Waals surface area (Å²) in [6, 6.07) is 15.3. The number of nitro benzene ring substituents is 1. The molecular weight excluding hydrogens is 366 g/mol. The Morgan fingerprint density at radius 1 is 1.21 bits per heavy atom. The highest BCUT2D eigenvalue weighted by atomic mass is 16.6. The average molecular weight is 396 g/mol. The molecular formula is C22H29N5O2. The minimum absolute atomic E-state index is 0.0919. The lowest BCUT2D eigenvalue weighted by Gasteiger charge is -2.22. The molecule has 1 fully saturated rings. The maximum atomic E-state index is 10.8. The van der Waals surface area contributed by atoms with Crippen molar-refractivity contribution in [2.75, 3.05) is 24.5 Å². The number of aliphatic imine (C=N–C) groups is 1. The Balaban J connectivity index is 1.66. The van der Waals surface area contributed by atoms with Gasteiger partial charge in [0, 0.05) is 37.5 Å². The molecule has 0 spiro atoms. The van der Waals surface area contributed by atoms with Crippen molar-refractivity contribution >= 4 is 17.3 Å². The van der Waals surface area contributed by atoms with E-state index in [2.05, 4.69) is 51.7 Å². The number of hydrogen-bond acceptors (Lipinski definition) is 4. The van der Waals surface area contributed by atoms with E-state index in [0.717, 1.165) is 31.2 Å². The molecule has 1 aliphatic rings. The number of nitrogens with one attached hydrogen (secondary N) is 2. The predicted molar refractivity (Wildman–Crippen MR) is 117 cm³/mol. The number of rotatable bonds is 7. The first-order valence-corrected chi connectivity index (χ1v) is 10.2. The van der Waals surface area contributed by atoms with Crippen LogP contribution in [0.4, 0.5) is 11.4 Å². The summed E-state index contributed by atoms with van der Waals surface area (Å²) in [7, 11) is 0. The summed E-state index contributed by atoms with van der Waals surface area (Å²) in [5, 5.41) is 17.5. The predicted octanol–water partition coefficient (Wildman–Crippen LogP) is 4.01. The molecule has 0 radical (unpaired) electrons. The molecule has 1 heterocycles. The van der Waals surface area contributed by atoms with Gasteiger partial charge >= 0.3 is 0 Å². The largest absolute Gasteiger partial charge is 0.372 e. The van der Waals surface area contributed by atoms with Crippen molar-refractivity contribution in [2.24, 2.45) is 4.99 Å². The Labute approximate surface area is 172 Å². The van der Waals surface area contributed by atoms with Crippen molar-refractivity contribution in [3.8, 4) is 0 Å². The molecule has 2 aromatic rings. The van der Waals surface area contributed by atoms with E-state index in [1.165, 1.54) is 36.2 Å². The second kappa shape index (κ2) is 9.91. The SMILES string of the molecule is CCNC(=NCc1ccc([N+](=O)[O-])cc1)NC(C)c1cccc(N2CCCC2)c1. The van der Waals surface area contributed by atoms with E-state index in [9.17, 15) is 10.1 Å². The van der Waals surface area contributed by atoms with Crippen molar-refractivity contribution < 1.29 is 4.92 Å². The summed E-state index contributed by atoms with van der Waals surface area (Å²) >= 11 is 0. The van der Waals surface area contributed by atoms with Crippen LogP contribution in [0.25, 0.3) is 0 Å². The van der Waals surface area contributed by atoms with Crippen LogP contribution in [0.2, 0.25) is 0 Å². The molecule has 29 heavy (non-hydrogen) atoms. The number of hydrogen-bond donors (Lipinski definition) is 2. The van der Waals surface area contributed by atoms with Gasteiger partial charge in [0.25, 0.3) is 5.69 Å². The molecule has 1 atom stereocenters. The molecule has 0 amide bonds. The first-order valence-electron chi connectivity index (χ1n) is 10.2. The molecule has 2 N–H and O–H groups in total. The molecule has 1 saturated heterocycles. The molecule has 7 nitrogen and oxygen atoms in total. The van der Waals surface area contributed by atoms with Gasteiger partial charge in [0.2, 0.25) is 0 Å². The van der Waals surface area contributed by atoms with E-state index in [-0.39, 0.29) is 11.7 Å². The summed E-state index contributed by atoms with van der Waals surface area (Å²) in [4.78, 5) is 17.5. The molecule has 2 aromatic carbocycles. The summed E-state index contributed by atoms with van der Waals surface area (Å²) < 4.78 is 0. The Morgan fingerprint density at radius 2 is 1.93 bits per heavy atom. The van der Waals surface area contributed by atoms with Crippen LogP contribution in [-0.2, 0) is 6.54 Å². The highest BCUT2D eigenvalue weighted by Crippen LogP contribution is 2.24. The standard InChI is InChI=1S/C22H29N5O2/c1-3-23-22(24-16-18-9-11-20(12-10-18)27(28)29)25-17(2)19-7-6-8-21(15-19)26-13-4-5-14-26/h6-12,15,17H,3-5,13-14,16H2,1-2H3,(H2,23,24,25). The minimum atomic E-state index is -0.392. The van der Waals surface area contributed by atoms with Crippen LogP contribution in [0, 0.1) is 10.1 Å². The zero-order valence-corrected chi connectivity index (χ0v) is 17.1. The second-order valence-corrected chi connectivity index (χ2v) is 7.27. The van der Waals surface area contributed by atoms with Gasteiger partial charge in [-0.3, -0.25) is 10.1 Å². The van der Waals surface area contributed by atoms with Gasteiger partial charge in [0.1, 0.15) is 0 Å². The van der Waals surface area contributed by atoms with Crippen LogP contribution in [0.1, 0.15) is 43.9 Å². The quantitative estimate of drug-likeness (QED) is 0.320. The Morgan fingerprint density at radius 3 is 2.59 bits per heavy atom. The topological polar surface area (TPSA) is 82.8 Å². The fourth-order valence-electron chi connectivity index (χ4n) is 3.47. The number of anilines is 1. The summed E-state index contributed by atoms with van der Waals surface area (Å²) in [5.41, 5.74) is 3.52. The van der Waals surface area contributed by atoms with Gasteiger partial charge in [-0.1, -0.05) is 24.3 Å². The van der Waals surface area contributed by atoms with Crippen molar-refractivity contribution in [2.45, 2.75) is 39.3 Å². The number of benzene rings is 2. The van der Waals surface area contributed by atoms with Gasteiger partial charge in [0.05, 0.1) is 17.5 Å². The fraction of sp³-hybridized carbons (Fsp3) is 0.409. The van der Waals surface area contributed by atoms with Crippen LogP contribution >= 0.6 is 0 Å². The molecule has 1 unspecified atom stereocenters. The summed E-state index contributed by atoms with van der Waals surface area (Å²) in [6.07, 6.45) is 2.52. The number of nitro groups is 1. The smallest absolute Gasteiger partial charge is 0.269 e. The lowest BCUT2D eigenvalue weighted by molar-refractivity contribution is -0.384. The zero-order chi connectivity index (χ0) is 20.6. The zero-order valence-electron chi connectivity index (χ0n) is 17.1. The first kappa shape index (κ1) is 20.6. The van der Waals surface area contributed by atoms with E-state index in [1.807, 2.05) is 6.92 Å². The maximum Gasteiger partial charge on any atom is 0.269 e. The van der Waals surface area contributed by atoms with Gasteiger partial charge in [-0.05, 0) is 49.9 Å². The minimum Gasteiger partial charge on any atom is -0.372 e. The van der Waals surface area contributed by atoms with Crippen molar-refractivity contribution in [1.82, 2.24) is 10.6 Å². The van der Waals surface area contributed by atoms with Crippen molar-refractivity contribution in [3.63, 3.8) is 0 Å². The molecule has 0 saturated carbocycles. The van der Waals surface area contributed by atoms with E-state index in [4.69, 9.17) is 0 Å². The maximum absolute atomic E-state index is 10.8. The lowest BCUT2D eigenvalue weighted by Crippen LogP contribution is -2.38. The molecule has 3 rings (SSSR count). The first-order chi connectivity index (χ1) is 14.1. The van der Waals surface area contributed by atoms with Crippen molar-refractivity contribution in [1.29, 1.82) is 0 Å². The van der Waals surface area contributed by atoms with Crippen LogP contribution < -0.4 is 15.5 Å². The Kier molecular flexibility index (Phi) is 7.05. The van der Waals surface area contributed by atoms with Gasteiger partial charge in [-0.25, -0.2) is 4.99 Å². The van der Waals surface area contributed by atoms with Gasteiger partial charge in [0.15, 0.2) is 5.96 Å². The van der Waals surface area contributed by atoms with Crippen molar-refractivity contribution in [3.05, 3.63) is 69.8 Å². The van der Waals surface area contributed by atoms with E-state index in [1.54, 1.807) is 12.1 Å². The third kappa shape index (κ3) is 5.70. The van der Waals surface area contributed by atoms with Gasteiger partial charge in [-0.2, -0.15) is 0 Å². The van der Waals surface area contributed by atoms with Gasteiger partial charge < -0.3 is 15.5 Å². The van der Waals surface area contributed by atoms with E-state index < -0.39 is 4.92 Å². The highest BCUT2D eigenvalue weighted by Gasteiger charge is 2.14. The number of non-ortho nitro benzene ring substituents is 1. The monoisotopic (exact) mass is 395 g/mol. The van der Waals surface area contributed by atoms with Crippen LogP contribution in [0.5, 0.6) is 0 Å². The summed E-state index contributed by atoms with van der Waals surface area (Å²) in [5.74, 6) is 0.727. The van der Waals surface area contributed by atoms with Crippen LogP contribution in [0.15, 0.2) is 53.5 Å². The van der Waals surface area contributed by atoms with E-state index in [0.29, 0.717) is 6.54 Å². The highest BCUT2D eigenvalue weighted by molar-refractivity contribution is 5.80. The van der Waals surface area contributed by atoms with Crippen LogP contribution in [0.3, 0.4) is 0 Å². The molecule has 0 aromatic heterocycles. The Hall–Kier alpha value is -3.09. The molecule has 0 bridgehead atoms. The Bertz CT molecular complexity index is 845. The van der Waals surface area contributed by atoms with Gasteiger partial charge in [-0.15, -0.1) is 0 Å². The average Bonchev–Trinajstić information content (AvgIpc) is 3.27. The third-order valence-electron chi connectivity index (χ3n) is 5.11. The second-order valence-electron chi connectivity index (χ2n) is 7.27. The lowest BCUT2D eigenvalue weighted by atomic mass is 10.1. The molecule has 1 aliphatic heterocycles. The fourth-order valence-corrected chi connectivity index (χ4v) is 3.47. The third-order valence-corrected chi connectivity index (χ3v) is 5.11. The van der Waals surface area contributed by atoms with Crippen LogP contribution in [-0.4, -0.2) is 30.5 Å². The molecule has 0 aliphatic carbocycles. The molecule has 7 heteroatoms.